The lowest BCUT2D eigenvalue weighted by atomic mass is 9.99. The van der Waals surface area contributed by atoms with Crippen LogP contribution in [0.15, 0.2) is 22.7 Å². The Hall–Kier alpha value is -0.410. The van der Waals surface area contributed by atoms with Crippen molar-refractivity contribution in [3.05, 3.63) is 34.1 Å². The van der Waals surface area contributed by atoms with E-state index in [1.807, 2.05) is 6.07 Å². The summed E-state index contributed by atoms with van der Waals surface area (Å²) in [6.07, 6.45) is 7.19. The van der Waals surface area contributed by atoms with Crippen LogP contribution in [0.1, 0.15) is 64.0 Å². The summed E-state index contributed by atoms with van der Waals surface area (Å²) in [4.78, 5) is 0. The molecule has 0 bridgehead atoms. The van der Waals surface area contributed by atoms with Gasteiger partial charge >= 0.3 is 0 Å². The summed E-state index contributed by atoms with van der Waals surface area (Å²) in [5.41, 5.74) is 1.06. The summed E-state index contributed by atoms with van der Waals surface area (Å²) in [7, 11) is 0. The molecule has 19 heavy (non-hydrogen) atoms. The molecule has 0 fully saturated rings. The van der Waals surface area contributed by atoms with Gasteiger partial charge < -0.3 is 5.32 Å². The summed E-state index contributed by atoms with van der Waals surface area (Å²) < 4.78 is 14.2. The van der Waals surface area contributed by atoms with Crippen molar-refractivity contribution in [2.75, 3.05) is 6.54 Å². The number of rotatable bonds is 9. The Bertz CT molecular complexity index is 368. The lowest BCUT2D eigenvalue weighted by Gasteiger charge is -2.19. The second-order valence-corrected chi connectivity index (χ2v) is 5.88. The molecule has 0 saturated heterocycles. The van der Waals surface area contributed by atoms with Crippen LogP contribution in [0.5, 0.6) is 0 Å². The fraction of sp³-hybridized carbons (Fsp3) is 0.625. The lowest BCUT2D eigenvalue weighted by Crippen LogP contribution is -2.22. The van der Waals surface area contributed by atoms with Crippen LogP contribution < -0.4 is 5.32 Å². The van der Waals surface area contributed by atoms with E-state index in [1.165, 1.54) is 25.7 Å². The third-order valence-corrected chi connectivity index (χ3v) is 3.98. The number of unbranched alkanes of at least 4 members (excludes halogenated alkanes) is 3. The highest BCUT2D eigenvalue weighted by molar-refractivity contribution is 9.10. The second kappa shape index (κ2) is 9.49. The molecule has 0 radical (unpaired) electrons. The number of benzene rings is 1. The zero-order valence-corrected chi connectivity index (χ0v) is 13.6. The zero-order valence-electron chi connectivity index (χ0n) is 12.0. The van der Waals surface area contributed by atoms with Crippen LogP contribution in [-0.4, -0.2) is 6.54 Å². The van der Waals surface area contributed by atoms with Crippen LogP contribution in [-0.2, 0) is 0 Å². The lowest BCUT2D eigenvalue weighted by molar-refractivity contribution is 0.468. The second-order valence-electron chi connectivity index (χ2n) is 5.03. The first kappa shape index (κ1) is 16.6. The molecule has 1 aromatic carbocycles. The van der Waals surface area contributed by atoms with Gasteiger partial charge in [0.05, 0.1) is 4.47 Å². The molecule has 0 aliphatic rings. The highest BCUT2D eigenvalue weighted by Gasteiger charge is 2.12. The van der Waals surface area contributed by atoms with Gasteiger partial charge in [-0.3, -0.25) is 0 Å². The third-order valence-electron chi connectivity index (χ3n) is 3.33. The minimum Gasteiger partial charge on any atom is -0.310 e. The molecule has 3 heteroatoms. The smallest absolute Gasteiger partial charge is 0.137 e. The van der Waals surface area contributed by atoms with E-state index in [0.29, 0.717) is 4.47 Å². The van der Waals surface area contributed by atoms with Crippen LogP contribution in [0, 0.1) is 5.82 Å². The molecule has 0 saturated carbocycles. The molecule has 0 amide bonds. The number of nitrogens with one attached hydrogen (secondary N) is 1. The maximum atomic E-state index is 13.6. The Morgan fingerprint density at radius 2 is 1.95 bits per heavy atom. The van der Waals surface area contributed by atoms with Crippen molar-refractivity contribution in [2.24, 2.45) is 0 Å². The first-order valence-electron chi connectivity index (χ1n) is 7.37. The average molecular weight is 330 g/mol. The molecule has 108 valence electrons. The first-order valence-corrected chi connectivity index (χ1v) is 8.16. The largest absolute Gasteiger partial charge is 0.310 e. The van der Waals surface area contributed by atoms with Gasteiger partial charge in [0, 0.05) is 6.04 Å². The van der Waals surface area contributed by atoms with Crippen LogP contribution >= 0.6 is 15.9 Å². The number of halogens is 2. The molecule has 1 aromatic rings. The molecule has 0 aliphatic heterocycles. The molecule has 1 unspecified atom stereocenters. The van der Waals surface area contributed by atoms with Gasteiger partial charge in [-0.05, 0) is 53.0 Å². The van der Waals surface area contributed by atoms with E-state index < -0.39 is 0 Å². The van der Waals surface area contributed by atoms with E-state index in [2.05, 4.69) is 35.1 Å². The Balaban J connectivity index is 2.63. The van der Waals surface area contributed by atoms with Gasteiger partial charge in [0.2, 0.25) is 0 Å². The van der Waals surface area contributed by atoms with E-state index >= 15 is 0 Å². The van der Waals surface area contributed by atoms with Gasteiger partial charge in [-0.2, -0.15) is 0 Å². The molecular formula is C16H25BrFN. The van der Waals surface area contributed by atoms with Crippen LogP contribution in [0.25, 0.3) is 0 Å². The van der Waals surface area contributed by atoms with Crippen molar-refractivity contribution in [3.8, 4) is 0 Å². The fourth-order valence-corrected chi connectivity index (χ4v) is 2.46. The Morgan fingerprint density at radius 1 is 1.16 bits per heavy atom. The van der Waals surface area contributed by atoms with E-state index in [1.54, 1.807) is 12.1 Å². The fourth-order valence-electron chi connectivity index (χ4n) is 2.21. The summed E-state index contributed by atoms with van der Waals surface area (Å²) in [6, 6.07) is 5.74. The van der Waals surface area contributed by atoms with E-state index in [-0.39, 0.29) is 11.9 Å². The Labute approximate surface area is 125 Å². The average Bonchev–Trinajstić information content (AvgIpc) is 2.41. The minimum atomic E-state index is -0.172. The molecule has 1 atom stereocenters. The zero-order chi connectivity index (χ0) is 14.1. The van der Waals surface area contributed by atoms with Crippen LogP contribution in [0.3, 0.4) is 0 Å². The van der Waals surface area contributed by atoms with Crippen molar-refractivity contribution in [3.63, 3.8) is 0 Å². The van der Waals surface area contributed by atoms with Gasteiger partial charge in [0.1, 0.15) is 5.82 Å². The monoisotopic (exact) mass is 329 g/mol. The van der Waals surface area contributed by atoms with Crippen molar-refractivity contribution >= 4 is 15.9 Å². The van der Waals surface area contributed by atoms with Gasteiger partial charge in [0.15, 0.2) is 0 Å². The van der Waals surface area contributed by atoms with Gasteiger partial charge in [0.25, 0.3) is 0 Å². The van der Waals surface area contributed by atoms with Crippen LogP contribution in [0.4, 0.5) is 4.39 Å². The molecular weight excluding hydrogens is 305 g/mol. The number of hydrogen-bond donors (Lipinski definition) is 1. The van der Waals surface area contributed by atoms with E-state index in [0.717, 1.165) is 24.9 Å². The first-order chi connectivity index (χ1) is 9.19. The van der Waals surface area contributed by atoms with Crippen LogP contribution in [0.2, 0.25) is 0 Å². The Kier molecular flexibility index (Phi) is 8.31. The van der Waals surface area contributed by atoms with Gasteiger partial charge in [-0.1, -0.05) is 45.6 Å². The van der Waals surface area contributed by atoms with Crippen molar-refractivity contribution in [1.82, 2.24) is 5.32 Å². The highest BCUT2D eigenvalue weighted by Crippen LogP contribution is 2.24. The predicted octanol–water partition coefficient (Wildman–Crippen LogP) is 5.60. The minimum absolute atomic E-state index is 0.172. The number of hydrogen-bond acceptors (Lipinski definition) is 1. The van der Waals surface area contributed by atoms with Gasteiger partial charge in [-0.15, -0.1) is 0 Å². The van der Waals surface area contributed by atoms with Crippen molar-refractivity contribution in [2.45, 2.75) is 58.4 Å². The summed E-state index contributed by atoms with van der Waals surface area (Å²) >= 11 is 3.21. The third kappa shape index (κ3) is 6.05. The maximum Gasteiger partial charge on any atom is 0.137 e. The molecule has 0 aromatic heterocycles. The van der Waals surface area contributed by atoms with Crippen molar-refractivity contribution in [1.29, 1.82) is 0 Å². The Morgan fingerprint density at radius 3 is 2.58 bits per heavy atom. The van der Waals surface area contributed by atoms with E-state index in [9.17, 15) is 4.39 Å². The topological polar surface area (TPSA) is 12.0 Å². The molecule has 1 nitrogen and oxygen atoms in total. The maximum absolute atomic E-state index is 13.6. The summed E-state index contributed by atoms with van der Waals surface area (Å²) in [5, 5.41) is 3.53. The molecule has 0 heterocycles. The molecule has 1 rings (SSSR count). The van der Waals surface area contributed by atoms with Crippen molar-refractivity contribution < 1.29 is 4.39 Å². The standard InChI is InChI=1S/C16H25BrFN/c1-3-5-6-7-8-16(19-11-4-2)13-9-10-14(17)15(18)12-13/h9-10,12,16,19H,3-8,11H2,1-2H3. The highest BCUT2D eigenvalue weighted by atomic mass is 79.9. The summed E-state index contributed by atoms with van der Waals surface area (Å²) in [6.45, 7) is 5.36. The summed E-state index contributed by atoms with van der Waals surface area (Å²) in [5.74, 6) is -0.172. The molecule has 1 N–H and O–H groups in total. The quantitative estimate of drug-likeness (QED) is 0.581. The van der Waals surface area contributed by atoms with Gasteiger partial charge in [-0.25, -0.2) is 4.39 Å². The SMILES string of the molecule is CCCCCCC(NCCC)c1ccc(Br)c(F)c1. The van der Waals surface area contributed by atoms with E-state index in [4.69, 9.17) is 0 Å². The normalized spacial score (nSPS) is 12.6. The molecule has 0 spiro atoms. The predicted molar refractivity (Wildman–Crippen MR) is 83.9 cm³/mol. The molecule has 0 aliphatic carbocycles.